The van der Waals surface area contributed by atoms with E-state index in [1.165, 1.54) is 5.56 Å². The molecule has 1 N–H and O–H groups in total. The van der Waals surface area contributed by atoms with E-state index in [0.717, 1.165) is 18.8 Å². The molecule has 124 valence electrons. The number of β-amino-alcohol motifs (C(OH)–C–C–N with tert-alkyl or cyclic N) is 1. The van der Waals surface area contributed by atoms with Crippen LogP contribution in [-0.2, 0) is 4.74 Å². The Morgan fingerprint density at radius 2 is 1.77 bits per heavy atom. The van der Waals surface area contributed by atoms with Gasteiger partial charge in [-0.25, -0.2) is 0 Å². The third-order valence-electron chi connectivity index (χ3n) is 3.95. The second kappa shape index (κ2) is 7.95. The van der Waals surface area contributed by atoms with E-state index >= 15 is 0 Å². The van der Waals surface area contributed by atoms with Gasteiger partial charge in [0.05, 0.1) is 12.2 Å². The van der Waals surface area contributed by atoms with Crippen LogP contribution in [0.2, 0.25) is 0 Å². The topological polar surface area (TPSA) is 41.9 Å². The van der Waals surface area contributed by atoms with Crippen LogP contribution in [0.1, 0.15) is 39.2 Å². The Labute approximate surface area is 134 Å². The monoisotopic (exact) mass is 307 g/mol. The minimum atomic E-state index is -0.484. The minimum Gasteiger partial charge on any atom is -0.491 e. The maximum absolute atomic E-state index is 10.2. The molecule has 0 bridgehead atoms. The van der Waals surface area contributed by atoms with Crippen LogP contribution in [0.15, 0.2) is 24.3 Å². The van der Waals surface area contributed by atoms with Gasteiger partial charge >= 0.3 is 0 Å². The van der Waals surface area contributed by atoms with Crippen molar-refractivity contribution in [3.63, 3.8) is 0 Å². The van der Waals surface area contributed by atoms with Gasteiger partial charge in [-0.15, -0.1) is 0 Å². The predicted molar refractivity (Wildman–Crippen MR) is 88.5 cm³/mol. The van der Waals surface area contributed by atoms with Crippen LogP contribution in [0.25, 0.3) is 0 Å². The highest BCUT2D eigenvalue weighted by Crippen LogP contribution is 2.19. The molecule has 1 fully saturated rings. The first-order valence-corrected chi connectivity index (χ1v) is 8.22. The van der Waals surface area contributed by atoms with Crippen molar-refractivity contribution in [1.82, 2.24) is 4.90 Å². The molecule has 1 aliphatic heterocycles. The van der Waals surface area contributed by atoms with Crippen LogP contribution in [0.3, 0.4) is 0 Å². The average Bonchev–Trinajstić information content (AvgIpc) is 2.44. The third kappa shape index (κ3) is 5.27. The Morgan fingerprint density at radius 3 is 2.32 bits per heavy atom. The van der Waals surface area contributed by atoms with Crippen LogP contribution < -0.4 is 4.74 Å². The van der Waals surface area contributed by atoms with Crippen molar-refractivity contribution in [3.8, 4) is 5.75 Å². The van der Waals surface area contributed by atoms with Crippen LogP contribution in [0.5, 0.6) is 5.75 Å². The van der Waals surface area contributed by atoms with Crippen molar-refractivity contribution in [2.24, 2.45) is 0 Å². The molecule has 4 heteroatoms. The molecule has 1 saturated heterocycles. The summed E-state index contributed by atoms with van der Waals surface area (Å²) in [5.74, 6) is 1.33. The highest BCUT2D eigenvalue weighted by Gasteiger charge is 2.23. The minimum absolute atomic E-state index is 0.223. The van der Waals surface area contributed by atoms with E-state index in [2.05, 4.69) is 44.7 Å². The first-order valence-electron chi connectivity index (χ1n) is 8.22. The molecule has 0 aliphatic carbocycles. The zero-order chi connectivity index (χ0) is 16.1. The SMILES string of the molecule is CC(C)c1ccc(OC[C@@H](O)CN2C[C@@H](C)O[C@@H](C)C2)cc1. The molecule has 22 heavy (non-hydrogen) atoms. The Morgan fingerprint density at radius 1 is 1.18 bits per heavy atom. The Bertz CT molecular complexity index is 436. The lowest BCUT2D eigenvalue weighted by atomic mass is 10.0. The number of hydrogen-bond acceptors (Lipinski definition) is 4. The number of ether oxygens (including phenoxy) is 2. The molecule has 0 radical (unpaired) electrons. The summed E-state index contributed by atoms with van der Waals surface area (Å²) in [6.07, 6.45) is -0.0387. The molecular weight excluding hydrogens is 278 g/mol. The zero-order valence-electron chi connectivity index (χ0n) is 14.2. The van der Waals surface area contributed by atoms with E-state index in [1.807, 2.05) is 12.1 Å². The zero-order valence-corrected chi connectivity index (χ0v) is 14.2. The summed E-state index contributed by atoms with van der Waals surface area (Å²) in [6, 6.07) is 8.11. The number of morpholine rings is 1. The summed E-state index contributed by atoms with van der Waals surface area (Å²) < 4.78 is 11.4. The molecule has 0 amide bonds. The summed E-state index contributed by atoms with van der Waals surface area (Å²) in [6.45, 7) is 11.2. The maximum Gasteiger partial charge on any atom is 0.119 e. The van der Waals surface area contributed by atoms with Gasteiger partial charge in [0.2, 0.25) is 0 Å². The molecule has 0 saturated carbocycles. The summed E-state index contributed by atoms with van der Waals surface area (Å²) in [7, 11) is 0. The lowest BCUT2D eigenvalue weighted by molar-refractivity contribution is -0.0786. The van der Waals surface area contributed by atoms with Gasteiger partial charge in [-0.05, 0) is 37.5 Å². The molecule has 1 aliphatic rings. The van der Waals surface area contributed by atoms with Gasteiger partial charge < -0.3 is 14.6 Å². The standard InChI is InChI=1S/C18H29NO3/c1-13(2)16-5-7-18(8-6-16)21-12-17(20)11-19-9-14(3)22-15(4)10-19/h5-8,13-15,17,20H,9-12H2,1-4H3/t14-,15+,17-/m0/s1. The van der Waals surface area contributed by atoms with E-state index in [0.29, 0.717) is 19.1 Å². The summed E-state index contributed by atoms with van der Waals surface area (Å²) in [5.41, 5.74) is 1.30. The molecule has 0 unspecified atom stereocenters. The van der Waals surface area contributed by atoms with E-state index in [1.54, 1.807) is 0 Å². The quantitative estimate of drug-likeness (QED) is 0.877. The highest BCUT2D eigenvalue weighted by molar-refractivity contribution is 5.28. The van der Waals surface area contributed by atoms with E-state index in [9.17, 15) is 5.11 Å². The van der Waals surface area contributed by atoms with Crippen LogP contribution in [0.4, 0.5) is 0 Å². The van der Waals surface area contributed by atoms with Crippen molar-refractivity contribution >= 4 is 0 Å². The second-order valence-electron chi connectivity index (χ2n) is 6.66. The number of nitrogens with zero attached hydrogens (tertiary/aromatic N) is 1. The average molecular weight is 307 g/mol. The molecule has 1 aromatic rings. The number of aliphatic hydroxyl groups excluding tert-OH is 1. The smallest absolute Gasteiger partial charge is 0.119 e. The highest BCUT2D eigenvalue weighted by atomic mass is 16.5. The fraction of sp³-hybridized carbons (Fsp3) is 0.667. The van der Waals surface area contributed by atoms with Crippen molar-refractivity contribution in [3.05, 3.63) is 29.8 Å². The first-order chi connectivity index (χ1) is 10.4. The molecule has 0 aromatic heterocycles. The van der Waals surface area contributed by atoms with E-state index < -0.39 is 6.10 Å². The number of rotatable bonds is 6. The van der Waals surface area contributed by atoms with Crippen molar-refractivity contribution in [2.75, 3.05) is 26.2 Å². The van der Waals surface area contributed by atoms with Crippen molar-refractivity contribution in [2.45, 2.75) is 51.9 Å². The normalized spacial score (nSPS) is 24.5. The van der Waals surface area contributed by atoms with Crippen molar-refractivity contribution < 1.29 is 14.6 Å². The first kappa shape index (κ1) is 17.3. The van der Waals surface area contributed by atoms with Gasteiger partial charge in [0.1, 0.15) is 18.5 Å². The van der Waals surface area contributed by atoms with Gasteiger partial charge in [0.15, 0.2) is 0 Å². The molecule has 1 aromatic carbocycles. The van der Waals surface area contributed by atoms with E-state index in [4.69, 9.17) is 9.47 Å². The van der Waals surface area contributed by atoms with E-state index in [-0.39, 0.29) is 12.2 Å². The lowest BCUT2D eigenvalue weighted by Crippen LogP contribution is -2.48. The number of benzene rings is 1. The number of aliphatic hydroxyl groups is 1. The molecule has 0 spiro atoms. The fourth-order valence-electron chi connectivity index (χ4n) is 2.93. The summed E-state index contributed by atoms with van der Waals surface area (Å²) in [4.78, 5) is 2.24. The van der Waals surface area contributed by atoms with Crippen molar-refractivity contribution in [1.29, 1.82) is 0 Å². The molecular formula is C18H29NO3. The lowest BCUT2D eigenvalue weighted by Gasteiger charge is -2.36. The summed E-state index contributed by atoms with van der Waals surface area (Å²) in [5, 5.41) is 10.2. The van der Waals surface area contributed by atoms with Crippen LogP contribution in [-0.4, -0.2) is 54.6 Å². The maximum atomic E-state index is 10.2. The largest absolute Gasteiger partial charge is 0.491 e. The molecule has 2 rings (SSSR count). The van der Waals surface area contributed by atoms with Gasteiger partial charge in [-0.2, -0.15) is 0 Å². The molecule has 1 heterocycles. The molecule has 4 nitrogen and oxygen atoms in total. The van der Waals surface area contributed by atoms with Gasteiger partial charge in [0, 0.05) is 19.6 Å². The Balaban J connectivity index is 1.76. The Kier molecular flexibility index (Phi) is 6.24. The number of hydrogen-bond donors (Lipinski definition) is 1. The predicted octanol–water partition coefficient (Wildman–Crippen LogP) is 2.66. The fourth-order valence-corrected chi connectivity index (χ4v) is 2.93. The molecule has 3 atom stereocenters. The second-order valence-corrected chi connectivity index (χ2v) is 6.66. The summed E-state index contributed by atoms with van der Waals surface area (Å²) >= 11 is 0. The van der Waals surface area contributed by atoms with Crippen LogP contribution in [0, 0.1) is 0 Å². The van der Waals surface area contributed by atoms with Gasteiger partial charge in [-0.3, -0.25) is 4.90 Å². The van der Waals surface area contributed by atoms with Crippen LogP contribution >= 0.6 is 0 Å². The van der Waals surface area contributed by atoms with Gasteiger partial charge in [-0.1, -0.05) is 26.0 Å². The third-order valence-corrected chi connectivity index (χ3v) is 3.95. The Hall–Kier alpha value is -1.10. The van der Waals surface area contributed by atoms with Gasteiger partial charge in [0.25, 0.3) is 0 Å².